The van der Waals surface area contributed by atoms with Crippen molar-refractivity contribution in [3.63, 3.8) is 0 Å². The molecule has 0 spiro atoms. The van der Waals surface area contributed by atoms with Crippen LogP contribution in [0.3, 0.4) is 0 Å². The van der Waals surface area contributed by atoms with Gasteiger partial charge in [-0.2, -0.15) is 4.98 Å². The Hall–Kier alpha value is -3.20. The molecule has 0 saturated heterocycles. The van der Waals surface area contributed by atoms with Crippen molar-refractivity contribution in [2.75, 3.05) is 6.54 Å². The summed E-state index contributed by atoms with van der Waals surface area (Å²) in [6.07, 6.45) is 0.996. The Labute approximate surface area is 165 Å². The molecule has 144 valence electrons. The van der Waals surface area contributed by atoms with Crippen LogP contribution in [0.5, 0.6) is 0 Å². The summed E-state index contributed by atoms with van der Waals surface area (Å²) in [5.41, 5.74) is 2.77. The van der Waals surface area contributed by atoms with E-state index in [1.807, 2.05) is 57.2 Å². The first-order chi connectivity index (χ1) is 13.5. The van der Waals surface area contributed by atoms with Crippen LogP contribution in [-0.4, -0.2) is 43.0 Å². The van der Waals surface area contributed by atoms with Crippen molar-refractivity contribution >= 4 is 11.7 Å². The molecule has 0 unspecified atom stereocenters. The topological polar surface area (TPSA) is 63.4 Å². The van der Waals surface area contributed by atoms with Crippen LogP contribution in [0.15, 0.2) is 36.4 Å². The van der Waals surface area contributed by atoms with Crippen molar-refractivity contribution in [1.82, 2.24) is 24.5 Å². The van der Waals surface area contributed by atoms with Crippen molar-refractivity contribution in [2.45, 2.75) is 46.6 Å². The molecule has 6 heteroatoms. The van der Waals surface area contributed by atoms with Gasteiger partial charge in [-0.1, -0.05) is 37.0 Å². The Bertz CT molecular complexity index is 1030. The number of fused-ring (bicyclic) bond motifs is 1. The van der Waals surface area contributed by atoms with Gasteiger partial charge in [-0.05, 0) is 45.4 Å². The van der Waals surface area contributed by atoms with E-state index in [1.54, 1.807) is 9.42 Å². The summed E-state index contributed by atoms with van der Waals surface area (Å²) in [4.78, 5) is 23.5. The van der Waals surface area contributed by atoms with Crippen LogP contribution in [0.4, 0.5) is 0 Å². The molecule has 1 amide bonds. The molecule has 0 fully saturated rings. The van der Waals surface area contributed by atoms with Crippen LogP contribution < -0.4 is 0 Å². The van der Waals surface area contributed by atoms with E-state index in [2.05, 4.69) is 33.8 Å². The lowest BCUT2D eigenvalue weighted by molar-refractivity contribution is -0.131. The Morgan fingerprint density at radius 1 is 1.21 bits per heavy atom. The van der Waals surface area contributed by atoms with Gasteiger partial charge in [-0.15, -0.1) is 5.10 Å². The lowest BCUT2D eigenvalue weighted by Gasteiger charge is -2.26. The van der Waals surface area contributed by atoms with Gasteiger partial charge in [0.1, 0.15) is 0 Å². The fourth-order valence-corrected chi connectivity index (χ4v) is 2.98. The average molecular weight is 375 g/mol. The van der Waals surface area contributed by atoms with Crippen molar-refractivity contribution in [2.24, 2.45) is 0 Å². The minimum atomic E-state index is -0.0259. The zero-order valence-corrected chi connectivity index (χ0v) is 16.8. The minimum Gasteiger partial charge on any atom is -0.328 e. The molecule has 2 aromatic heterocycles. The van der Waals surface area contributed by atoms with E-state index in [9.17, 15) is 4.79 Å². The van der Waals surface area contributed by atoms with Crippen molar-refractivity contribution < 1.29 is 4.79 Å². The van der Waals surface area contributed by atoms with Gasteiger partial charge < -0.3 is 4.90 Å². The molecule has 0 radical (unpaired) electrons. The van der Waals surface area contributed by atoms with E-state index in [-0.39, 0.29) is 18.4 Å². The third-order valence-corrected chi connectivity index (χ3v) is 4.67. The van der Waals surface area contributed by atoms with Crippen LogP contribution in [0.2, 0.25) is 0 Å². The highest BCUT2D eigenvalue weighted by molar-refractivity contribution is 5.78. The predicted octanol–water partition coefficient (Wildman–Crippen LogP) is 2.96. The second-order valence-corrected chi connectivity index (χ2v) is 6.90. The molecule has 3 rings (SSSR count). The molecule has 0 saturated carbocycles. The Morgan fingerprint density at radius 2 is 1.96 bits per heavy atom. The third kappa shape index (κ3) is 4.55. The van der Waals surface area contributed by atoms with Gasteiger partial charge in [0, 0.05) is 23.0 Å². The molecule has 1 aromatic carbocycles. The second kappa shape index (κ2) is 8.66. The Morgan fingerprint density at radius 3 is 2.68 bits per heavy atom. The summed E-state index contributed by atoms with van der Waals surface area (Å²) in [5.74, 6) is 7.23. The summed E-state index contributed by atoms with van der Waals surface area (Å²) in [6.45, 7) is 8.35. The van der Waals surface area contributed by atoms with E-state index >= 15 is 0 Å². The molecule has 28 heavy (non-hydrogen) atoms. The van der Waals surface area contributed by atoms with Gasteiger partial charge in [0.05, 0.1) is 13.0 Å². The first-order valence-electron chi connectivity index (χ1n) is 9.51. The lowest BCUT2D eigenvalue weighted by Crippen LogP contribution is -2.39. The molecule has 3 aromatic rings. The second-order valence-electron chi connectivity index (χ2n) is 6.90. The quantitative estimate of drug-likeness (QED) is 0.643. The van der Waals surface area contributed by atoms with Gasteiger partial charge in [-0.3, -0.25) is 4.79 Å². The van der Waals surface area contributed by atoms with Gasteiger partial charge >= 0.3 is 0 Å². The molecule has 0 N–H and O–H groups in total. The number of hydrogen-bond acceptors (Lipinski definition) is 4. The monoisotopic (exact) mass is 375 g/mol. The van der Waals surface area contributed by atoms with E-state index in [0.29, 0.717) is 18.1 Å². The maximum Gasteiger partial charge on any atom is 0.252 e. The summed E-state index contributed by atoms with van der Waals surface area (Å²) in [5, 5.41) is 4.45. The Kier molecular flexibility index (Phi) is 6.05. The van der Waals surface area contributed by atoms with Crippen LogP contribution in [0, 0.1) is 25.7 Å². The van der Waals surface area contributed by atoms with Crippen LogP contribution in [0.25, 0.3) is 5.78 Å². The molecule has 0 aliphatic heterocycles. The number of carbonyl (C=O) groups is 1. The number of aryl methyl sites for hydroxylation is 2. The average Bonchev–Trinajstić information content (AvgIpc) is 3.08. The first-order valence-corrected chi connectivity index (χ1v) is 9.51. The molecule has 1 atom stereocenters. The Balaban J connectivity index is 1.76. The number of amides is 1. The maximum atomic E-state index is 12.9. The van der Waals surface area contributed by atoms with E-state index in [4.69, 9.17) is 0 Å². The van der Waals surface area contributed by atoms with Crippen molar-refractivity contribution in [3.8, 4) is 11.8 Å². The lowest BCUT2D eigenvalue weighted by atomic mass is 10.2. The smallest absolute Gasteiger partial charge is 0.252 e. The highest BCUT2D eigenvalue weighted by atomic mass is 16.2. The zero-order chi connectivity index (χ0) is 20.1. The van der Waals surface area contributed by atoms with Crippen molar-refractivity contribution in [3.05, 3.63) is 59.2 Å². The molecular formula is C22H25N5O. The fraction of sp³-hybridized carbons (Fsp3) is 0.364. The molecule has 6 nitrogen and oxygen atoms in total. The molecular weight excluding hydrogens is 350 g/mol. The van der Waals surface area contributed by atoms with Gasteiger partial charge in [0.15, 0.2) is 5.82 Å². The standard InChI is InChI=1S/C22H25N5O/c1-5-17(3)26(13-9-12-19-10-7-6-8-11-19)21(28)15-20-24-22-23-16(2)14-18(4)27(22)25-20/h6-8,10-11,14,17H,5,13,15H2,1-4H3/t17-/m1/s1. The van der Waals surface area contributed by atoms with Crippen LogP contribution >= 0.6 is 0 Å². The highest BCUT2D eigenvalue weighted by Gasteiger charge is 2.20. The molecule has 0 aliphatic carbocycles. The molecule has 0 bridgehead atoms. The zero-order valence-electron chi connectivity index (χ0n) is 16.8. The number of nitrogens with zero attached hydrogens (tertiary/aromatic N) is 5. The summed E-state index contributed by atoms with van der Waals surface area (Å²) < 4.78 is 1.68. The number of aromatic nitrogens is 4. The number of hydrogen-bond donors (Lipinski definition) is 0. The van der Waals surface area contributed by atoms with Crippen molar-refractivity contribution in [1.29, 1.82) is 0 Å². The summed E-state index contributed by atoms with van der Waals surface area (Å²) in [7, 11) is 0. The summed E-state index contributed by atoms with van der Waals surface area (Å²) in [6, 6.07) is 11.8. The maximum absolute atomic E-state index is 12.9. The highest BCUT2D eigenvalue weighted by Crippen LogP contribution is 2.09. The molecule has 0 aliphatic rings. The van der Waals surface area contributed by atoms with Crippen LogP contribution in [-0.2, 0) is 11.2 Å². The van der Waals surface area contributed by atoms with Crippen LogP contribution in [0.1, 0.15) is 43.0 Å². The van der Waals surface area contributed by atoms with E-state index in [1.165, 1.54) is 0 Å². The van der Waals surface area contributed by atoms with E-state index in [0.717, 1.165) is 23.4 Å². The molecule has 2 heterocycles. The van der Waals surface area contributed by atoms with Gasteiger partial charge in [0.25, 0.3) is 5.78 Å². The SMILES string of the molecule is CC[C@@H](C)N(CC#Cc1ccccc1)C(=O)Cc1nc2nc(C)cc(C)n2n1. The summed E-state index contributed by atoms with van der Waals surface area (Å²) >= 11 is 0. The number of carbonyl (C=O) groups excluding carboxylic acids is 1. The predicted molar refractivity (Wildman–Crippen MR) is 109 cm³/mol. The fourth-order valence-electron chi connectivity index (χ4n) is 2.98. The third-order valence-electron chi connectivity index (χ3n) is 4.67. The van der Waals surface area contributed by atoms with Gasteiger partial charge in [-0.25, -0.2) is 9.50 Å². The normalized spacial score (nSPS) is 11.7. The first kappa shape index (κ1) is 19.6. The van der Waals surface area contributed by atoms with E-state index < -0.39 is 0 Å². The number of benzene rings is 1. The van der Waals surface area contributed by atoms with Gasteiger partial charge in [0.2, 0.25) is 5.91 Å². The minimum absolute atomic E-state index is 0.0259. The largest absolute Gasteiger partial charge is 0.328 e. The number of rotatable bonds is 5.